The van der Waals surface area contributed by atoms with Crippen molar-refractivity contribution in [3.8, 4) is 0 Å². The number of aromatic nitrogens is 1. The van der Waals surface area contributed by atoms with Crippen molar-refractivity contribution in [1.82, 2.24) is 25.4 Å². The molecule has 1 aromatic carbocycles. The molecule has 3 heterocycles. The number of hydrogen-bond donors (Lipinski definition) is 3. The zero-order chi connectivity index (χ0) is 26.5. The predicted octanol–water partition coefficient (Wildman–Crippen LogP) is 3.76. The fraction of sp³-hybridized carbons (Fsp3) is 0.655. The Balaban J connectivity index is 1.50. The number of fused-ring (bicyclic) bond motifs is 2. The van der Waals surface area contributed by atoms with Gasteiger partial charge in [-0.3, -0.25) is 14.5 Å². The Morgan fingerprint density at radius 3 is 2.57 bits per heavy atom. The zero-order valence-electron chi connectivity index (χ0n) is 22.8. The van der Waals surface area contributed by atoms with E-state index >= 15 is 0 Å². The third-order valence-corrected chi connectivity index (χ3v) is 9.04. The average Bonchev–Trinajstić information content (AvgIpc) is 3.64. The minimum Gasteiger partial charge on any atom is -0.361 e. The van der Waals surface area contributed by atoms with Crippen LogP contribution in [0.5, 0.6) is 0 Å². The van der Waals surface area contributed by atoms with Gasteiger partial charge in [-0.25, -0.2) is 4.39 Å². The molecule has 2 aromatic rings. The first-order valence-corrected chi connectivity index (χ1v) is 13.9. The Labute approximate surface area is 219 Å². The van der Waals surface area contributed by atoms with E-state index in [-0.39, 0.29) is 35.6 Å². The monoisotopic (exact) mass is 511 g/mol. The van der Waals surface area contributed by atoms with Crippen molar-refractivity contribution in [2.24, 2.45) is 5.41 Å². The molecule has 0 radical (unpaired) electrons. The van der Waals surface area contributed by atoms with Gasteiger partial charge >= 0.3 is 0 Å². The van der Waals surface area contributed by atoms with E-state index in [9.17, 15) is 14.0 Å². The molecule has 5 rings (SSSR count). The number of likely N-dealkylation sites (N-methyl/N-ethyl adjacent to an activating group) is 1. The van der Waals surface area contributed by atoms with Gasteiger partial charge in [-0.15, -0.1) is 0 Å². The van der Waals surface area contributed by atoms with Gasteiger partial charge in [0.05, 0.1) is 12.1 Å². The maximum atomic E-state index is 14.2. The number of carbonyl (C=O) groups is 2. The van der Waals surface area contributed by atoms with Crippen molar-refractivity contribution in [3.05, 3.63) is 35.8 Å². The van der Waals surface area contributed by atoms with E-state index in [1.807, 2.05) is 33.0 Å². The van der Waals surface area contributed by atoms with Gasteiger partial charge < -0.3 is 20.5 Å². The molecule has 8 heteroatoms. The summed E-state index contributed by atoms with van der Waals surface area (Å²) in [4.78, 5) is 35.1. The summed E-state index contributed by atoms with van der Waals surface area (Å²) < 4.78 is 13.9. The van der Waals surface area contributed by atoms with Gasteiger partial charge in [0.1, 0.15) is 11.9 Å². The summed E-state index contributed by atoms with van der Waals surface area (Å²) in [6.07, 6.45) is 7.91. The van der Waals surface area contributed by atoms with Crippen LogP contribution >= 0.6 is 0 Å². The van der Waals surface area contributed by atoms with Gasteiger partial charge in [0.2, 0.25) is 11.8 Å². The lowest BCUT2D eigenvalue weighted by Crippen LogP contribution is -2.59. The maximum absolute atomic E-state index is 14.2. The van der Waals surface area contributed by atoms with Crippen LogP contribution < -0.4 is 10.6 Å². The van der Waals surface area contributed by atoms with Crippen molar-refractivity contribution < 1.29 is 14.0 Å². The quantitative estimate of drug-likeness (QED) is 0.552. The molecule has 3 N–H and O–H groups in total. The molecule has 37 heavy (non-hydrogen) atoms. The number of nitrogens with zero attached hydrogens (tertiary/aromatic N) is 2. The van der Waals surface area contributed by atoms with Crippen LogP contribution in [-0.2, 0) is 9.59 Å². The Kier molecular flexibility index (Phi) is 7.09. The van der Waals surface area contributed by atoms with Crippen molar-refractivity contribution in [3.63, 3.8) is 0 Å². The van der Waals surface area contributed by atoms with Crippen LogP contribution in [0.25, 0.3) is 10.9 Å². The van der Waals surface area contributed by atoms with Crippen LogP contribution in [0.15, 0.2) is 24.4 Å². The molecule has 3 fully saturated rings. The lowest BCUT2D eigenvalue weighted by atomic mass is 9.84. The first-order valence-electron chi connectivity index (χ1n) is 13.9. The number of likely N-dealkylation sites (tertiary alicyclic amines) is 2. The SMILES string of the molecule is CNC(C)C(=O)NC(C(=O)N1CCC2C1C(c1c[nH]c3cc(F)ccc13)CN2C1CCCC1)C(C)(C)C. The fourth-order valence-corrected chi connectivity index (χ4v) is 6.95. The molecule has 1 saturated carbocycles. The van der Waals surface area contributed by atoms with E-state index in [2.05, 4.69) is 25.4 Å². The number of nitrogens with one attached hydrogen (secondary N) is 3. The summed E-state index contributed by atoms with van der Waals surface area (Å²) in [6, 6.07) is 4.82. The first kappa shape index (κ1) is 26.2. The Hall–Kier alpha value is -2.45. The number of halogens is 1. The number of carbonyl (C=O) groups excluding carboxylic acids is 2. The molecule has 3 aliphatic rings. The largest absolute Gasteiger partial charge is 0.361 e. The van der Waals surface area contributed by atoms with Crippen LogP contribution in [0.4, 0.5) is 4.39 Å². The summed E-state index contributed by atoms with van der Waals surface area (Å²) in [5.41, 5.74) is 1.52. The van der Waals surface area contributed by atoms with Gasteiger partial charge in [-0.1, -0.05) is 33.6 Å². The third-order valence-electron chi connectivity index (χ3n) is 9.04. The molecule has 0 spiro atoms. The fourth-order valence-electron chi connectivity index (χ4n) is 6.95. The van der Waals surface area contributed by atoms with E-state index in [1.165, 1.54) is 31.7 Å². The summed E-state index contributed by atoms with van der Waals surface area (Å²) >= 11 is 0. The predicted molar refractivity (Wildman–Crippen MR) is 144 cm³/mol. The molecule has 0 bridgehead atoms. The second-order valence-electron chi connectivity index (χ2n) is 12.4. The number of H-pyrrole nitrogens is 1. The van der Waals surface area contributed by atoms with Gasteiger partial charge in [0.15, 0.2) is 0 Å². The van der Waals surface area contributed by atoms with Crippen LogP contribution in [-0.4, -0.2) is 76.9 Å². The average molecular weight is 512 g/mol. The van der Waals surface area contributed by atoms with Crippen molar-refractivity contribution >= 4 is 22.7 Å². The van der Waals surface area contributed by atoms with Crippen molar-refractivity contribution in [1.29, 1.82) is 0 Å². The van der Waals surface area contributed by atoms with Gasteiger partial charge in [-0.05, 0) is 62.4 Å². The second kappa shape index (κ2) is 10.0. The van der Waals surface area contributed by atoms with E-state index in [1.54, 1.807) is 20.0 Å². The molecule has 1 aromatic heterocycles. The molecule has 2 saturated heterocycles. The highest BCUT2D eigenvalue weighted by Crippen LogP contribution is 2.46. The summed E-state index contributed by atoms with van der Waals surface area (Å²) in [7, 11) is 1.75. The molecule has 1 aliphatic carbocycles. The second-order valence-corrected chi connectivity index (χ2v) is 12.4. The smallest absolute Gasteiger partial charge is 0.246 e. The molecule has 5 unspecified atom stereocenters. The lowest BCUT2D eigenvalue weighted by molar-refractivity contribution is -0.140. The standard InChI is InChI=1S/C29H42FN5O2/c1-17(31-5)27(36)33-26(29(2,3)4)28(37)34-13-12-24-25(34)22(16-35(24)19-8-6-7-9-19)21-15-32-23-14-18(30)10-11-20(21)23/h10-11,14-15,17,19,22,24-26,31-32H,6-9,12-13,16H2,1-5H3,(H,33,36). The number of rotatable bonds is 6. The molecule has 202 valence electrons. The van der Waals surface area contributed by atoms with Crippen LogP contribution in [0.2, 0.25) is 0 Å². The molecule has 5 atom stereocenters. The lowest BCUT2D eigenvalue weighted by Gasteiger charge is -2.37. The van der Waals surface area contributed by atoms with E-state index in [0.29, 0.717) is 18.6 Å². The number of hydrogen-bond acceptors (Lipinski definition) is 4. The molecular weight excluding hydrogens is 469 g/mol. The van der Waals surface area contributed by atoms with E-state index in [4.69, 9.17) is 0 Å². The van der Waals surface area contributed by atoms with E-state index in [0.717, 1.165) is 29.4 Å². The molecule has 2 aliphatic heterocycles. The topological polar surface area (TPSA) is 80.5 Å². The third kappa shape index (κ3) is 4.78. The number of aromatic amines is 1. The van der Waals surface area contributed by atoms with Gasteiger partial charge in [0, 0.05) is 48.2 Å². The van der Waals surface area contributed by atoms with Crippen molar-refractivity contribution in [2.75, 3.05) is 20.1 Å². The highest BCUT2D eigenvalue weighted by Gasteiger charge is 2.54. The number of amides is 2. The Morgan fingerprint density at radius 1 is 1.16 bits per heavy atom. The maximum Gasteiger partial charge on any atom is 0.246 e. The zero-order valence-corrected chi connectivity index (χ0v) is 22.8. The van der Waals surface area contributed by atoms with Gasteiger partial charge in [-0.2, -0.15) is 0 Å². The Bertz CT molecular complexity index is 1150. The minimum atomic E-state index is -0.618. The van der Waals surface area contributed by atoms with Crippen LogP contribution in [0.3, 0.4) is 0 Å². The first-order chi connectivity index (χ1) is 17.6. The summed E-state index contributed by atoms with van der Waals surface area (Å²) in [5.74, 6) is -0.291. The number of benzene rings is 1. The molecular formula is C29H42FN5O2. The van der Waals surface area contributed by atoms with E-state index < -0.39 is 11.5 Å². The summed E-state index contributed by atoms with van der Waals surface area (Å²) in [5, 5.41) is 7.07. The summed E-state index contributed by atoms with van der Waals surface area (Å²) in [6.45, 7) is 9.43. The molecule has 2 amide bonds. The van der Waals surface area contributed by atoms with Crippen LogP contribution in [0.1, 0.15) is 71.3 Å². The Morgan fingerprint density at radius 2 is 1.89 bits per heavy atom. The minimum absolute atomic E-state index is 0.000751. The van der Waals surface area contributed by atoms with Crippen LogP contribution in [0, 0.1) is 11.2 Å². The van der Waals surface area contributed by atoms with Crippen molar-refractivity contribution in [2.45, 2.75) is 95.9 Å². The highest BCUT2D eigenvalue weighted by atomic mass is 19.1. The normalized spacial score (nSPS) is 26.5. The molecule has 7 nitrogen and oxygen atoms in total. The highest BCUT2D eigenvalue weighted by molar-refractivity contribution is 5.91. The van der Waals surface area contributed by atoms with Gasteiger partial charge in [0.25, 0.3) is 0 Å².